The summed E-state index contributed by atoms with van der Waals surface area (Å²) >= 11 is 0. The van der Waals surface area contributed by atoms with Gasteiger partial charge in [0.15, 0.2) is 0 Å². The van der Waals surface area contributed by atoms with E-state index < -0.39 is 7.75 Å². The topological polar surface area (TPSA) is 110 Å². The molecule has 0 heterocycles. The van der Waals surface area contributed by atoms with Gasteiger partial charge in [-0.2, -0.15) is 0 Å². The molecule has 0 aliphatic heterocycles. The molecule has 0 aliphatic rings. The molecule has 0 saturated carbocycles. The third kappa shape index (κ3) is 4.24. The molecule has 0 spiro atoms. The lowest BCUT2D eigenvalue weighted by Crippen LogP contribution is -2.04. The van der Waals surface area contributed by atoms with Gasteiger partial charge in [-0.1, -0.05) is 25.1 Å². The molecule has 7 heteroatoms. The van der Waals surface area contributed by atoms with Crippen molar-refractivity contribution in [3.8, 4) is 11.5 Å². The number of phenolic OH excluding ortho intramolecular Hbond substituents is 2. The zero-order chi connectivity index (χ0) is 16.3. The summed E-state index contributed by atoms with van der Waals surface area (Å²) in [7, 11) is -4.46. The maximum absolute atomic E-state index is 11.1. The Hall–Kier alpha value is -2.01. The third-order valence-electron chi connectivity index (χ3n) is 3.37. The summed E-state index contributed by atoms with van der Waals surface area (Å²) in [5.74, 6) is 0.0540. The maximum Gasteiger partial charge on any atom is 0.427 e. The van der Waals surface area contributed by atoms with E-state index in [1.165, 1.54) is 18.2 Å². The van der Waals surface area contributed by atoms with Crippen molar-refractivity contribution < 1.29 is 24.6 Å². The molecule has 5 N–H and O–H groups in total. The Morgan fingerprint density at radius 2 is 1.82 bits per heavy atom. The lowest BCUT2D eigenvalue weighted by molar-refractivity contribution is 0.380. The van der Waals surface area contributed by atoms with Gasteiger partial charge in [0.05, 0.1) is 5.69 Å². The molecule has 1 atom stereocenters. The molecule has 2 rings (SSSR count). The van der Waals surface area contributed by atoms with Crippen LogP contribution in [0.5, 0.6) is 11.5 Å². The van der Waals surface area contributed by atoms with Crippen molar-refractivity contribution >= 4 is 13.4 Å². The Kier molecular flexibility index (Phi) is 4.76. The average Bonchev–Trinajstić information content (AvgIpc) is 2.41. The monoisotopic (exact) mass is 323 g/mol. The zero-order valence-electron chi connectivity index (χ0n) is 12.0. The van der Waals surface area contributed by atoms with E-state index in [0.717, 1.165) is 5.56 Å². The summed E-state index contributed by atoms with van der Waals surface area (Å²) in [5.41, 5.74) is 1.48. The highest BCUT2D eigenvalue weighted by Gasteiger charge is 2.19. The number of rotatable bonds is 5. The summed E-state index contributed by atoms with van der Waals surface area (Å²) in [6, 6.07) is 11.2. The number of hydrogen-bond acceptors (Lipinski definition) is 3. The van der Waals surface area contributed by atoms with Crippen LogP contribution >= 0.6 is 7.75 Å². The van der Waals surface area contributed by atoms with Crippen molar-refractivity contribution in [3.05, 3.63) is 53.6 Å². The van der Waals surface area contributed by atoms with Crippen LogP contribution < -0.4 is 5.09 Å². The highest BCUT2D eigenvalue weighted by Crippen LogP contribution is 2.40. The number of hydrogen-bond donors (Lipinski definition) is 5. The molecule has 0 aliphatic carbocycles. The molecule has 0 radical (unpaired) electrons. The van der Waals surface area contributed by atoms with Crippen LogP contribution in [0.3, 0.4) is 0 Å². The lowest BCUT2D eigenvalue weighted by atomic mass is 9.92. The minimum Gasteiger partial charge on any atom is -0.508 e. The molecular formula is C15H18NO5P. The van der Waals surface area contributed by atoms with Crippen molar-refractivity contribution in [2.75, 3.05) is 5.09 Å². The predicted octanol–water partition coefficient (Wildman–Crippen LogP) is 2.95. The standard InChI is InChI=1S/C15H18NO5P/c1-10(11-4-2-5-12(17)9-11)8-13-14(16-22(19,20)21)6-3-7-15(13)18/h2-7,9-10,17-18H,8H2,1H3,(H3,16,19,20,21). The molecule has 0 aromatic heterocycles. The first kappa shape index (κ1) is 16.4. The fourth-order valence-corrected chi connectivity index (χ4v) is 2.83. The Bertz CT molecular complexity index is 713. The highest BCUT2D eigenvalue weighted by molar-refractivity contribution is 7.53. The molecule has 22 heavy (non-hydrogen) atoms. The molecule has 118 valence electrons. The predicted molar refractivity (Wildman–Crippen MR) is 84.0 cm³/mol. The average molecular weight is 323 g/mol. The van der Waals surface area contributed by atoms with Crippen LogP contribution in [-0.4, -0.2) is 20.0 Å². The van der Waals surface area contributed by atoms with Crippen LogP contribution in [0, 0.1) is 0 Å². The lowest BCUT2D eigenvalue weighted by Gasteiger charge is -2.18. The molecule has 6 nitrogen and oxygen atoms in total. The maximum atomic E-state index is 11.1. The fraction of sp³-hybridized carbons (Fsp3) is 0.200. The molecule has 0 bridgehead atoms. The number of benzene rings is 2. The van der Waals surface area contributed by atoms with Crippen molar-refractivity contribution in [1.29, 1.82) is 0 Å². The normalized spacial score (nSPS) is 12.9. The van der Waals surface area contributed by atoms with Gasteiger partial charge in [-0.3, -0.25) is 5.09 Å². The van der Waals surface area contributed by atoms with Crippen LogP contribution in [0.4, 0.5) is 5.69 Å². The van der Waals surface area contributed by atoms with E-state index in [4.69, 9.17) is 9.79 Å². The number of nitrogens with one attached hydrogen (secondary N) is 1. The van der Waals surface area contributed by atoms with Gasteiger partial charge in [-0.25, -0.2) is 4.57 Å². The van der Waals surface area contributed by atoms with E-state index in [1.54, 1.807) is 18.2 Å². The quantitative estimate of drug-likeness (QED) is 0.541. The van der Waals surface area contributed by atoms with Gasteiger partial charge in [0.25, 0.3) is 0 Å². The van der Waals surface area contributed by atoms with Crippen molar-refractivity contribution in [3.63, 3.8) is 0 Å². The first-order valence-corrected chi connectivity index (χ1v) is 8.31. The van der Waals surface area contributed by atoms with Gasteiger partial charge in [0.1, 0.15) is 11.5 Å². The van der Waals surface area contributed by atoms with Gasteiger partial charge in [-0.15, -0.1) is 0 Å². The van der Waals surface area contributed by atoms with E-state index in [2.05, 4.69) is 5.09 Å². The third-order valence-corrected chi connectivity index (χ3v) is 3.90. The molecule has 2 aromatic carbocycles. The molecule has 0 fully saturated rings. The smallest absolute Gasteiger partial charge is 0.427 e. The van der Waals surface area contributed by atoms with Crippen LogP contribution in [0.1, 0.15) is 24.0 Å². The Morgan fingerprint density at radius 3 is 2.45 bits per heavy atom. The van der Waals surface area contributed by atoms with E-state index in [0.29, 0.717) is 12.0 Å². The fourth-order valence-electron chi connectivity index (χ4n) is 2.31. The molecule has 0 saturated heterocycles. The van der Waals surface area contributed by atoms with Gasteiger partial charge >= 0.3 is 7.75 Å². The number of anilines is 1. The van der Waals surface area contributed by atoms with Gasteiger partial charge in [0.2, 0.25) is 0 Å². The molecular weight excluding hydrogens is 305 g/mol. The van der Waals surface area contributed by atoms with Gasteiger partial charge in [0, 0.05) is 5.56 Å². The van der Waals surface area contributed by atoms with Gasteiger partial charge < -0.3 is 20.0 Å². The second-order valence-electron chi connectivity index (χ2n) is 5.16. The second kappa shape index (κ2) is 6.40. The van der Waals surface area contributed by atoms with Crippen LogP contribution in [0.15, 0.2) is 42.5 Å². The summed E-state index contributed by atoms with van der Waals surface area (Å²) in [4.78, 5) is 18.1. The van der Waals surface area contributed by atoms with Crippen LogP contribution in [-0.2, 0) is 11.0 Å². The molecule has 1 unspecified atom stereocenters. The van der Waals surface area contributed by atoms with Gasteiger partial charge in [-0.05, 0) is 42.2 Å². The number of aromatic hydroxyl groups is 2. The number of phenols is 2. The summed E-state index contributed by atoms with van der Waals surface area (Å²) in [6.45, 7) is 1.91. The minimum atomic E-state index is -4.46. The summed E-state index contributed by atoms with van der Waals surface area (Å²) in [5, 5.41) is 21.6. The molecule has 2 aromatic rings. The Morgan fingerprint density at radius 1 is 1.14 bits per heavy atom. The van der Waals surface area contributed by atoms with Crippen LogP contribution in [0.25, 0.3) is 0 Å². The first-order chi connectivity index (χ1) is 10.3. The Balaban J connectivity index is 2.30. The largest absolute Gasteiger partial charge is 0.508 e. The first-order valence-electron chi connectivity index (χ1n) is 6.70. The second-order valence-corrected chi connectivity index (χ2v) is 6.47. The minimum absolute atomic E-state index is 0.0366. The van der Waals surface area contributed by atoms with Crippen molar-refractivity contribution in [2.24, 2.45) is 0 Å². The van der Waals surface area contributed by atoms with E-state index >= 15 is 0 Å². The highest BCUT2D eigenvalue weighted by atomic mass is 31.2. The van der Waals surface area contributed by atoms with Crippen LogP contribution in [0.2, 0.25) is 0 Å². The molecule has 0 amide bonds. The summed E-state index contributed by atoms with van der Waals surface area (Å²) in [6.07, 6.45) is 0.360. The van der Waals surface area contributed by atoms with Crippen molar-refractivity contribution in [2.45, 2.75) is 19.3 Å². The Labute approximate surface area is 128 Å². The van der Waals surface area contributed by atoms with E-state index in [1.807, 2.05) is 13.0 Å². The SMILES string of the molecule is CC(Cc1c(O)cccc1NP(=O)(O)O)c1cccc(O)c1. The zero-order valence-corrected chi connectivity index (χ0v) is 12.9. The summed E-state index contributed by atoms with van der Waals surface area (Å²) < 4.78 is 11.1. The van der Waals surface area contributed by atoms with Crippen molar-refractivity contribution in [1.82, 2.24) is 0 Å². The van der Waals surface area contributed by atoms with E-state index in [9.17, 15) is 14.8 Å². The van der Waals surface area contributed by atoms with E-state index in [-0.39, 0.29) is 23.1 Å².